The van der Waals surface area contributed by atoms with Crippen molar-refractivity contribution in [3.05, 3.63) is 57.4 Å². The fourth-order valence-corrected chi connectivity index (χ4v) is 1.75. The second-order valence-electron chi connectivity index (χ2n) is 3.98. The lowest BCUT2D eigenvalue weighted by Gasteiger charge is -2.08. The third-order valence-electron chi connectivity index (χ3n) is 2.62. The van der Waals surface area contributed by atoms with Crippen LogP contribution in [0.4, 0.5) is 17.1 Å². The van der Waals surface area contributed by atoms with Gasteiger partial charge >= 0.3 is 5.97 Å². The Balaban J connectivity index is 2.36. The Labute approximate surface area is 124 Å². The highest BCUT2D eigenvalue weighted by Crippen LogP contribution is 2.29. The molecule has 2 aromatic rings. The summed E-state index contributed by atoms with van der Waals surface area (Å²) in [4.78, 5) is 25.8. The van der Waals surface area contributed by atoms with Gasteiger partial charge in [-0.1, -0.05) is 11.6 Å². The van der Waals surface area contributed by atoms with Gasteiger partial charge in [0.15, 0.2) is 0 Å². The van der Waals surface area contributed by atoms with Gasteiger partial charge in [0.25, 0.3) is 5.69 Å². The molecule has 0 radical (unpaired) electrons. The monoisotopic (exact) mass is 307 g/mol. The maximum Gasteiger partial charge on any atom is 0.338 e. The number of rotatable bonds is 4. The SMILES string of the molecule is COC(=O)c1ccc(Nc2ccc(Cl)nc2)c([N+](=O)[O-])c1. The number of hydrogen-bond donors (Lipinski definition) is 1. The van der Waals surface area contributed by atoms with E-state index in [0.29, 0.717) is 10.8 Å². The maximum atomic E-state index is 11.4. The van der Waals surface area contributed by atoms with Gasteiger partial charge in [-0.3, -0.25) is 10.1 Å². The van der Waals surface area contributed by atoms with Crippen LogP contribution in [0.25, 0.3) is 0 Å². The van der Waals surface area contributed by atoms with E-state index in [1.54, 1.807) is 12.1 Å². The molecular formula is C13H10ClN3O4. The average molecular weight is 308 g/mol. The van der Waals surface area contributed by atoms with Gasteiger partial charge in [-0.25, -0.2) is 9.78 Å². The summed E-state index contributed by atoms with van der Waals surface area (Å²) in [5.74, 6) is -0.641. The van der Waals surface area contributed by atoms with Crippen LogP contribution in [0.5, 0.6) is 0 Å². The lowest BCUT2D eigenvalue weighted by Crippen LogP contribution is -2.04. The number of carbonyl (C=O) groups is 1. The highest BCUT2D eigenvalue weighted by molar-refractivity contribution is 6.29. The molecule has 1 heterocycles. The molecule has 0 atom stereocenters. The van der Waals surface area contributed by atoms with Gasteiger partial charge in [-0.2, -0.15) is 0 Å². The quantitative estimate of drug-likeness (QED) is 0.403. The molecular weight excluding hydrogens is 298 g/mol. The van der Waals surface area contributed by atoms with E-state index >= 15 is 0 Å². The number of halogens is 1. The molecule has 0 amide bonds. The number of benzene rings is 1. The minimum Gasteiger partial charge on any atom is -0.465 e. The number of nitro benzene ring substituents is 1. The summed E-state index contributed by atoms with van der Waals surface area (Å²) >= 11 is 5.67. The highest BCUT2D eigenvalue weighted by atomic mass is 35.5. The molecule has 0 spiro atoms. The summed E-state index contributed by atoms with van der Waals surface area (Å²) in [5.41, 5.74) is 0.627. The number of nitro groups is 1. The molecule has 0 bridgehead atoms. The van der Waals surface area contributed by atoms with Crippen molar-refractivity contribution in [2.24, 2.45) is 0 Å². The Bertz CT molecular complexity index is 688. The van der Waals surface area contributed by atoms with Crippen molar-refractivity contribution in [2.75, 3.05) is 12.4 Å². The van der Waals surface area contributed by atoms with E-state index in [9.17, 15) is 14.9 Å². The van der Waals surface area contributed by atoms with Gasteiger partial charge in [-0.05, 0) is 24.3 Å². The van der Waals surface area contributed by atoms with Gasteiger partial charge in [-0.15, -0.1) is 0 Å². The third-order valence-corrected chi connectivity index (χ3v) is 2.85. The van der Waals surface area contributed by atoms with Crippen LogP contribution in [0.1, 0.15) is 10.4 Å². The molecule has 0 aliphatic rings. The largest absolute Gasteiger partial charge is 0.465 e. The fourth-order valence-electron chi connectivity index (χ4n) is 1.64. The highest BCUT2D eigenvalue weighted by Gasteiger charge is 2.18. The summed E-state index contributed by atoms with van der Waals surface area (Å²) < 4.78 is 4.54. The number of anilines is 2. The lowest BCUT2D eigenvalue weighted by atomic mass is 10.1. The predicted octanol–water partition coefficient (Wildman–Crippen LogP) is 3.17. The number of hydrogen-bond acceptors (Lipinski definition) is 6. The first-order valence-corrected chi connectivity index (χ1v) is 6.14. The van der Waals surface area contributed by atoms with E-state index in [-0.39, 0.29) is 16.9 Å². The Hall–Kier alpha value is -2.67. The number of nitrogens with one attached hydrogen (secondary N) is 1. The summed E-state index contributed by atoms with van der Waals surface area (Å²) in [5, 5.41) is 14.3. The minimum absolute atomic E-state index is 0.101. The van der Waals surface area contributed by atoms with Crippen LogP contribution in [-0.2, 0) is 4.74 Å². The van der Waals surface area contributed by atoms with Gasteiger partial charge in [0.2, 0.25) is 0 Å². The summed E-state index contributed by atoms with van der Waals surface area (Å²) in [6.07, 6.45) is 1.44. The van der Waals surface area contributed by atoms with E-state index in [4.69, 9.17) is 11.6 Å². The van der Waals surface area contributed by atoms with Crippen LogP contribution < -0.4 is 5.32 Å². The van der Waals surface area contributed by atoms with E-state index in [0.717, 1.165) is 6.07 Å². The number of carbonyl (C=O) groups excluding carboxylic acids is 1. The van der Waals surface area contributed by atoms with Crippen LogP contribution >= 0.6 is 11.6 Å². The van der Waals surface area contributed by atoms with Crippen molar-refractivity contribution < 1.29 is 14.5 Å². The molecule has 0 aliphatic heterocycles. The Morgan fingerprint density at radius 1 is 1.38 bits per heavy atom. The Morgan fingerprint density at radius 3 is 2.71 bits per heavy atom. The smallest absolute Gasteiger partial charge is 0.338 e. The van der Waals surface area contributed by atoms with Crippen LogP contribution in [0.2, 0.25) is 5.15 Å². The molecule has 21 heavy (non-hydrogen) atoms. The first-order chi connectivity index (χ1) is 10.0. The predicted molar refractivity (Wildman–Crippen MR) is 77.0 cm³/mol. The van der Waals surface area contributed by atoms with E-state index in [1.165, 1.54) is 25.4 Å². The molecule has 0 saturated heterocycles. The van der Waals surface area contributed by atoms with Crippen molar-refractivity contribution in [1.29, 1.82) is 0 Å². The Morgan fingerprint density at radius 2 is 2.14 bits per heavy atom. The molecule has 8 heteroatoms. The third kappa shape index (κ3) is 3.46. The molecule has 0 fully saturated rings. The first-order valence-electron chi connectivity index (χ1n) is 5.76. The van der Waals surface area contributed by atoms with Crippen LogP contribution in [-0.4, -0.2) is 23.0 Å². The zero-order valence-corrected chi connectivity index (χ0v) is 11.6. The van der Waals surface area contributed by atoms with E-state index in [2.05, 4.69) is 15.0 Å². The maximum absolute atomic E-state index is 11.4. The van der Waals surface area contributed by atoms with E-state index in [1.807, 2.05) is 0 Å². The second-order valence-corrected chi connectivity index (χ2v) is 4.36. The van der Waals surface area contributed by atoms with E-state index < -0.39 is 10.9 Å². The number of pyridine rings is 1. The molecule has 0 unspecified atom stereocenters. The first kappa shape index (κ1) is 14.7. The summed E-state index contributed by atoms with van der Waals surface area (Å²) in [6.45, 7) is 0. The normalized spacial score (nSPS) is 10.0. The molecule has 0 saturated carbocycles. The number of methoxy groups -OCH3 is 1. The molecule has 0 aliphatic carbocycles. The van der Waals surface area contributed by atoms with Gasteiger partial charge in [0.1, 0.15) is 10.8 Å². The molecule has 1 N–H and O–H groups in total. The molecule has 7 nitrogen and oxygen atoms in total. The van der Waals surface area contributed by atoms with Crippen LogP contribution in [0, 0.1) is 10.1 Å². The van der Waals surface area contributed by atoms with Crippen molar-refractivity contribution in [2.45, 2.75) is 0 Å². The average Bonchev–Trinajstić information content (AvgIpc) is 2.49. The van der Waals surface area contributed by atoms with Crippen LogP contribution in [0.3, 0.4) is 0 Å². The van der Waals surface area contributed by atoms with Crippen LogP contribution in [0.15, 0.2) is 36.5 Å². The fraction of sp³-hybridized carbons (Fsp3) is 0.0769. The van der Waals surface area contributed by atoms with Crippen molar-refractivity contribution in [1.82, 2.24) is 4.98 Å². The molecule has 1 aromatic heterocycles. The van der Waals surface area contributed by atoms with Gasteiger partial charge in [0, 0.05) is 6.07 Å². The number of esters is 1. The summed E-state index contributed by atoms with van der Waals surface area (Å²) in [7, 11) is 1.21. The zero-order chi connectivity index (χ0) is 15.4. The molecule has 108 valence electrons. The van der Waals surface area contributed by atoms with Crippen molar-refractivity contribution in [3.8, 4) is 0 Å². The standard InChI is InChI=1S/C13H10ClN3O4/c1-21-13(18)8-2-4-10(11(6-8)17(19)20)16-9-3-5-12(14)15-7-9/h2-7,16H,1H3. The summed E-state index contributed by atoms with van der Waals surface area (Å²) in [6, 6.07) is 7.20. The minimum atomic E-state index is -0.641. The number of aromatic nitrogens is 1. The second kappa shape index (κ2) is 6.19. The Kier molecular flexibility index (Phi) is 4.34. The molecule has 1 aromatic carbocycles. The topological polar surface area (TPSA) is 94.4 Å². The van der Waals surface area contributed by atoms with Crippen molar-refractivity contribution in [3.63, 3.8) is 0 Å². The zero-order valence-electron chi connectivity index (χ0n) is 10.9. The van der Waals surface area contributed by atoms with Gasteiger partial charge in [0.05, 0.1) is 29.5 Å². The van der Waals surface area contributed by atoms with Gasteiger partial charge < -0.3 is 10.1 Å². The number of ether oxygens (including phenoxy) is 1. The lowest BCUT2D eigenvalue weighted by molar-refractivity contribution is -0.383. The number of nitrogens with zero attached hydrogens (tertiary/aromatic N) is 2. The molecule has 2 rings (SSSR count). The van der Waals surface area contributed by atoms with Crippen molar-refractivity contribution >= 4 is 34.6 Å².